The third-order valence-electron chi connectivity index (χ3n) is 3.50. The van der Waals surface area contributed by atoms with Crippen LogP contribution in [0.25, 0.3) is 0 Å². The van der Waals surface area contributed by atoms with Crippen LogP contribution in [0.5, 0.6) is 0 Å². The van der Waals surface area contributed by atoms with Crippen molar-refractivity contribution in [3.8, 4) is 0 Å². The maximum Gasteiger partial charge on any atom is 0.0738 e. The number of nitrogens with zero attached hydrogens (tertiary/aromatic N) is 2. The third kappa shape index (κ3) is 2.90. The van der Waals surface area contributed by atoms with Crippen molar-refractivity contribution in [3.63, 3.8) is 0 Å². The third-order valence-corrected chi connectivity index (χ3v) is 4.53. The molecule has 0 fully saturated rings. The van der Waals surface area contributed by atoms with Crippen molar-refractivity contribution in [3.05, 3.63) is 50.8 Å². The molecule has 19 heavy (non-hydrogen) atoms. The molecule has 0 saturated heterocycles. The highest BCUT2D eigenvalue weighted by Crippen LogP contribution is 2.26. The van der Waals surface area contributed by atoms with Gasteiger partial charge in [-0.2, -0.15) is 5.10 Å². The molecule has 2 rings (SSSR count). The molecule has 1 unspecified atom stereocenters. The van der Waals surface area contributed by atoms with Gasteiger partial charge in [-0.25, -0.2) is 0 Å². The Bertz CT molecular complexity index is 602. The minimum absolute atomic E-state index is 0.00769. The topological polar surface area (TPSA) is 43.8 Å². The minimum Gasteiger partial charge on any atom is -0.324 e. The number of hydrogen-bond donors (Lipinski definition) is 1. The molecular weight excluding hydrogens is 302 g/mol. The lowest BCUT2D eigenvalue weighted by atomic mass is 9.96. The van der Waals surface area contributed by atoms with Crippen LogP contribution < -0.4 is 5.73 Å². The predicted octanol–water partition coefficient (Wildman–Crippen LogP) is 3.35. The first-order valence-corrected chi connectivity index (χ1v) is 7.20. The molecule has 3 nitrogen and oxygen atoms in total. The average Bonchev–Trinajstić information content (AvgIpc) is 2.56. The lowest BCUT2D eigenvalue weighted by molar-refractivity contribution is 0.636. The molecule has 1 atom stereocenters. The molecule has 102 valence electrons. The Morgan fingerprint density at radius 2 is 2.00 bits per heavy atom. The van der Waals surface area contributed by atoms with Crippen LogP contribution in [0.15, 0.2) is 22.7 Å². The van der Waals surface area contributed by atoms with Crippen molar-refractivity contribution in [2.75, 3.05) is 0 Å². The van der Waals surface area contributed by atoms with Crippen LogP contribution in [-0.2, 0) is 13.5 Å². The van der Waals surface area contributed by atoms with Gasteiger partial charge in [-0.3, -0.25) is 4.68 Å². The summed E-state index contributed by atoms with van der Waals surface area (Å²) in [6.07, 6.45) is 0.780. The second kappa shape index (κ2) is 5.47. The molecule has 1 aromatic heterocycles. The highest BCUT2D eigenvalue weighted by Gasteiger charge is 2.16. The van der Waals surface area contributed by atoms with Crippen molar-refractivity contribution in [2.45, 2.75) is 33.2 Å². The van der Waals surface area contributed by atoms with Crippen LogP contribution >= 0.6 is 15.9 Å². The Labute approximate surface area is 122 Å². The molecule has 0 amide bonds. The van der Waals surface area contributed by atoms with E-state index >= 15 is 0 Å². The summed E-state index contributed by atoms with van der Waals surface area (Å²) < 4.78 is 2.97. The van der Waals surface area contributed by atoms with E-state index in [1.54, 1.807) is 0 Å². The molecule has 2 aromatic rings. The summed E-state index contributed by atoms with van der Waals surface area (Å²) in [7, 11) is 1.96. The summed E-state index contributed by atoms with van der Waals surface area (Å²) in [4.78, 5) is 0. The van der Waals surface area contributed by atoms with E-state index in [0.717, 1.165) is 22.3 Å². The molecule has 0 aliphatic carbocycles. The molecule has 0 saturated carbocycles. The zero-order chi connectivity index (χ0) is 14.2. The Hall–Kier alpha value is -1.13. The van der Waals surface area contributed by atoms with Gasteiger partial charge in [0.2, 0.25) is 0 Å². The van der Waals surface area contributed by atoms with E-state index in [1.165, 1.54) is 16.7 Å². The molecule has 0 radical (unpaired) electrons. The molecule has 1 aromatic carbocycles. The van der Waals surface area contributed by atoms with Gasteiger partial charge in [0.15, 0.2) is 0 Å². The molecule has 4 heteroatoms. The summed E-state index contributed by atoms with van der Waals surface area (Å²) in [5.74, 6) is 0. The van der Waals surface area contributed by atoms with Gasteiger partial charge >= 0.3 is 0 Å². The van der Waals surface area contributed by atoms with Gasteiger partial charge in [-0.1, -0.05) is 23.8 Å². The number of aromatic nitrogens is 2. The summed E-state index contributed by atoms with van der Waals surface area (Å²) in [6, 6.07) is 6.42. The van der Waals surface area contributed by atoms with E-state index in [1.807, 2.05) is 18.7 Å². The summed E-state index contributed by atoms with van der Waals surface area (Å²) >= 11 is 3.59. The second-order valence-electron chi connectivity index (χ2n) is 5.14. The van der Waals surface area contributed by atoms with Crippen LogP contribution in [0.3, 0.4) is 0 Å². The number of benzene rings is 1. The van der Waals surface area contributed by atoms with Gasteiger partial charge in [0, 0.05) is 19.5 Å². The molecular formula is C15H20BrN3. The number of nitrogens with two attached hydrogens (primary N) is 1. The fourth-order valence-corrected chi connectivity index (χ4v) is 2.96. The highest BCUT2D eigenvalue weighted by atomic mass is 79.9. The average molecular weight is 322 g/mol. The Morgan fingerprint density at radius 1 is 1.32 bits per heavy atom. The van der Waals surface area contributed by atoms with Crippen molar-refractivity contribution in [1.29, 1.82) is 0 Å². The smallest absolute Gasteiger partial charge is 0.0738 e. The van der Waals surface area contributed by atoms with Crippen LogP contribution in [0.2, 0.25) is 0 Å². The van der Waals surface area contributed by atoms with E-state index in [4.69, 9.17) is 5.73 Å². The fraction of sp³-hybridized carbons (Fsp3) is 0.400. The first-order chi connectivity index (χ1) is 8.90. The number of halogens is 1. The molecule has 0 spiro atoms. The Morgan fingerprint density at radius 3 is 2.53 bits per heavy atom. The standard InChI is InChI=1S/C15H20BrN3/c1-9-5-6-12(10(2)7-9)13(17)8-14-15(16)11(3)18-19(14)4/h5-7,13H,8,17H2,1-4H3. The van der Waals surface area contributed by atoms with Gasteiger partial charge in [0.05, 0.1) is 15.9 Å². The van der Waals surface area contributed by atoms with Crippen molar-refractivity contribution < 1.29 is 0 Å². The fourth-order valence-electron chi connectivity index (χ4n) is 2.46. The van der Waals surface area contributed by atoms with Crippen molar-refractivity contribution >= 4 is 15.9 Å². The largest absolute Gasteiger partial charge is 0.324 e. The normalized spacial score (nSPS) is 12.7. The Kier molecular flexibility index (Phi) is 4.11. The van der Waals surface area contributed by atoms with Crippen molar-refractivity contribution in [2.24, 2.45) is 12.8 Å². The number of rotatable bonds is 3. The quantitative estimate of drug-likeness (QED) is 0.942. The van der Waals surface area contributed by atoms with Crippen LogP contribution in [-0.4, -0.2) is 9.78 Å². The molecule has 0 aliphatic heterocycles. The zero-order valence-corrected chi connectivity index (χ0v) is 13.5. The van der Waals surface area contributed by atoms with Crippen molar-refractivity contribution in [1.82, 2.24) is 9.78 Å². The van der Waals surface area contributed by atoms with Gasteiger partial charge in [0.25, 0.3) is 0 Å². The molecule has 0 bridgehead atoms. The van der Waals surface area contributed by atoms with Crippen LogP contribution in [0, 0.1) is 20.8 Å². The lowest BCUT2D eigenvalue weighted by Crippen LogP contribution is -2.17. The monoisotopic (exact) mass is 321 g/mol. The summed E-state index contributed by atoms with van der Waals surface area (Å²) in [6.45, 7) is 6.21. The molecule has 1 heterocycles. The molecule has 2 N–H and O–H groups in total. The first-order valence-electron chi connectivity index (χ1n) is 6.41. The van der Waals surface area contributed by atoms with E-state index in [2.05, 4.69) is 53.1 Å². The molecule has 0 aliphatic rings. The van der Waals surface area contributed by atoms with Gasteiger partial charge in [-0.05, 0) is 47.8 Å². The van der Waals surface area contributed by atoms with Gasteiger partial charge < -0.3 is 5.73 Å². The van der Waals surface area contributed by atoms with E-state index < -0.39 is 0 Å². The maximum atomic E-state index is 6.36. The summed E-state index contributed by atoms with van der Waals surface area (Å²) in [5.41, 5.74) is 12.2. The Balaban J connectivity index is 2.28. The van der Waals surface area contributed by atoms with Gasteiger partial charge in [0.1, 0.15) is 0 Å². The van der Waals surface area contributed by atoms with Crippen LogP contribution in [0.4, 0.5) is 0 Å². The zero-order valence-electron chi connectivity index (χ0n) is 11.9. The van der Waals surface area contributed by atoms with Gasteiger partial charge in [-0.15, -0.1) is 0 Å². The summed E-state index contributed by atoms with van der Waals surface area (Å²) in [5, 5.41) is 4.41. The predicted molar refractivity (Wildman–Crippen MR) is 82.2 cm³/mol. The number of aryl methyl sites for hydroxylation is 4. The SMILES string of the molecule is Cc1ccc(C(N)Cc2c(Br)c(C)nn2C)c(C)c1. The van der Waals surface area contributed by atoms with E-state index in [9.17, 15) is 0 Å². The maximum absolute atomic E-state index is 6.36. The first kappa shape index (κ1) is 14.3. The highest BCUT2D eigenvalue weighted by molar-refractivity contribution is 9.10. The minimum atomic E-state index is -0.00769. The second-order valence-corrected chi connectivity index (χ2v) is 5.93. The van der Waals surface area contributed by atoms with Crippen LogP contribution in [0.1, 0.15) is 34.1 Å². The number of hydrogen-bond acceptors (Lipinski definition) is 2. The lowest BCUT2D eigenvalue weighted by Gasteiger charge is -2.16. The van der Waals surface area contributed by atoms with E-state index in [0.29, 0.717) is 0 Å². The van der Waals surface area contributed by atoms with E-state index in [-0.39, 0.29) is 6.04 Å².